The van der Waals surface area contributed by atoms with Crippen LogP contribution in [-0.4, -0.2) is 43.3 Å². The van der Waals surface area contributed by atoms with Crippen LogP contribution in [0, 0.1) is 31.6 Å². The Bertz CT molecular complexity index is 1610. The van der Waals surface area contributed by atoms with Gasteiger partial charge in [0.15, 0.2) is 0 Å². The lowest BCUT2D eigenvalue weighted by Crippen LogP contribution is -2.47. The number of carbonyl (C=O) groups excluding carboxylic acids is 2. The number of fused-ring (bicyclic) bond motifs is 5. The molecule has 0 unspecified atom stereocenters. The molecule has 2 fully saturated rings. The summed E-state index contributed by atoms with van der Waals surface area (Å²) in [4.78, 5) is 34.1. The number of benzene rings is 1. The van der Waals surface area contributed by atoms with E-state index in [2.05, 4.69) is 97.9 Å². The third-order valence-corrected chi connectivity index (χ3v) is 19.2. The number of amides is 2. The number of hydrogen-bond donors (Lipinski definition) is 1. The molecule has 2 aliphatic carbocycles. The fourth-order valence-electron chi connectivity index (χ4n) is 9.45. The molecule has 1 saturated heterocycles. The van der Waals surface area contributed by atoms with Crippen molar-refractivity contribution in [3.63, 3.8) is 0 Å². The van der Waals surface area contributed by atoms with Gasteiger partial charge in [-0.3, -0.25) is 14.5 Å². The van der Waals surface area contributed by atoms with Crippen LogP contribution in [0.1, 0.15) is 73.7 Å². The van der Waals surface area contributed by atoms with Crippen LogP contribution in [-0.2, 0) is 26.0 Å². The summed E-state index contributed by atoms with van der Waals surface area (Å²) >= 11 is 3.57. The third kappa shape index (κ3) is 4.89. The van der Waals surface area contributed by atoms with Gasteiger partial charge in [-0.1, -0.05) is 78.0 Å². The van der Waals surface area contributed by atoms with Crippen LogP contribution >= 0.6 is 22.7 Å². The van der Waals surface area contributed by atoms with Crippen molar-refractivity contribution >= 4 is 48.4 Å². The molecule has 0 radical (unpaired) electrons. The van der Waals surface area contributed by atoms with E-state index >= 15 is 0 Å². The largest absolute Gasteiger partial charge is 0.411 e. The number of nitrogens with zero attached hydrogens (tertiary/aromatic N) is 1. The Kier molecular flexibility index (Phi) is 8.70. The van der Waals surface area contributed by atoms with Crippen LogP contribution in [0.5, 0.6) is 0 Å². The van der Waals surface area contributed by atoms with E-state index in [-0.39, 0.29) is 36.8 Å². The molecule has 3 aliphatic rings. The van der Waals surface area contributed by atoms with Crippen molar-refractivity contribution in [1.82, 2.24) is 4.90 Å². The second-order valence-electron chi connectivity index (χ2n) is 14.2. The van der Waals surface area contributed by atoms with Crippen LogP contribution in [0.25, 0.3) is 16.0 Å². The number of aliphatic hydroxyl groups excluding tert-OH is 1. The van der Waals surface area contributed by atoms with Crippen molar-refractivity contribution in [1.29, 1.82) is 0 Å². The van der Waals surface area contributed by atoms with Gasteiger partial charge >= 0.3 is 0 Å². The van der Waals surface area contributed by atoms with Gasteiger partial charge in [-0.15, -0.1) is 22.7 Å². The molecule has 0 spiro atoms. The Balaban J connectivity index is 1.45. The first-order chi connectivity index (χ1) is 21.4. The lowest BCUT2D eigenvalue weighted by molar-refractivity contribution is -0.141. The number of imide groups is 1. The van der Waals surface area contributed by atoms with E-state index < -0.39 is 19.7 Å². The molecule has 1 aliphatic heterocycles. The van der Waals surface area contributed by atoms with Crippen LogP contribution in [0.2, 0.25) is 16.6 Å². The predicted octanol–water partition coefficient (Wildman–Crippen LogP) is 8.73. The number of aryl methyl sites for hydroxylation is 2. The van der Waals surface area contributed by atoms with Crippen LogP contribution in [0.3, 0.4) is 0 Å². The minimum atomic E-state index is -2.06. The Labute approximate surface area is 277 Å². The summed E-state index contributed by atoms with van der Waals surface area (Å²) in [6.45, 7) is 18.7. The first kappa shape index (κ1) is 32.6. The van der Waals surface area contributed by atoms with Crippen molar-refractivity contribution < 1.29 is 19.1 Å². The molecule has 3 heterocycles. The first-order valence-corrected chi connectivity index (χ1v) is 20.2. The van der Waals surface area contributed by atoms with Gasteiger partial charge in [0.05, 0.1) is 31.6 Å². The number of aliphatic hydroxyl groups is 1. The summed E-state index contributed by atoms with van der Waals surface area (Å²) in [7, 11) is -2.06. The minimum Gasteiger partial charge on any atom is -0.411 e. The average Bonchev–Trinajstić information content (AvgIpc) is 3.78. The second kappa shape index (κ2) is 12.0. The molecular formula is C37H47NO4S2Si. The van der Waals surface area contributed by atoms with Gasteiger partial charge in [0.1, 0.15) is 0 Å². The monoisotopic (exact) mass is 661 g/mol. The van der Waals surface area contributed by atoms with E-state index in [4.69, 9.17) is 4.43 Å². The van der Waals surface area contributed by atoms with E-state index in [9.17, 15) is 14.7 Å². The average molecular weight is 662 g/mol. The summed E-state index contributed by atoms with van der Waals surface area (Å²) in [6, 6.07) is 15.1. The highest BCUT2D eigenvalue weighted by atomic mass is 32.1. The molecule has 6 rings (SSSR count). The summed E-state index contributed by atoms with van der Waals surface area (Å²) in [6.07, 6.45) is 3.08. The standard InChI is InChI=1S/C37H47NO4S2Si/c1-21(2)45(22(3)4,23(5)6)42-20-28-17-30(25(8)43-28)37-19-27(33-34(37)36(41)38(14-15-39)35(33)40)16-31(37)29-18-32(44-24(29)7)26-12-10-9-11-13-26/h9-13,16-18,21-23,27,33-34,39H,14-15,19-20H2,1-8H3/t27-,33-,34+,37+/m0/s1. The minimum absolute atomic E-state index is 0.00787. The van der Waals surface area contributed by atoms with Crippen LogP contribution < -0.4 is 0 Å². The van der Waals surface area contributed by atoms with Crippen molar-refractivity contribution in [3.8, 4) is 10.4 Å². The van der Waals surface area contributed by atoms with E-state index in [0.717, 1.165) is 6.42 Å². The number of β-amino-alcohol motifs (C(OH)–C–C–N with tert-alkyl or cyclic N) is 1. The van der Waals surface area contributed by atoms with Gasteiger partial charge in [0.25, 0.3) is 0 Å². The van der Waals surface area contributed by atoms with E-state index in [1.54, 1.807) is 22.7 Å². The highest BCUT2D eigenvalue weighted by Gasteiger charge is 2.69. The summed E-state index contributed by atoms with van der Waals surface area (Å²) in [5, 5.41) is 9.75. The molecule has 1 N–H and O–H groups in total. The van der Waals surface area contributed by atoms with E-state index in [1.165, 1.54) is 46.7 Å². The third-order valence-electron chi connectivity index (χ3n) is 11.1. The fraction of sp³-hybridized carbons (Fsp3) is 0.514. The van der Waals surface area contributed by atoms with E-state index in [0.29, 0.717) is 23.2 Å². The second-order valence-corrected chi connectivity index (χ2v) is 22.3. The van der Waals surface area contributed by atoms with Gasteiger partial charge < -0.3 is 9.53 Å². The first-order valence-electron chi connectivity index (χ1n) is 16.5. The maximum absolute atomic E-state index is 14.2. The molecular weight excluding hydrogens is 615 g/mol. The number of rotatable bonds is 11. The summed E-state index contributed by atoms with van der Waals surface area (Å²) in [5.41, 5.74) is 5.65. The van der Waals surface area contributed by atoms with Crippen molar-refractivity contribution in [2.45, 2.75) is 90.5 Å². The van der Waals surface area contributed by atoms with Gasteiger partial charge in [0.2, 0.25) is 20.1 Å². The normalized spacial score (nSPS) is 24.6. The topological polar surface area (TPSA) is 66.8 Å². The molecule has 4 atom stereocenters. The molecule has 240 valence electrons. The number of thiophene rings is 2. The number of likely N-dealkylation sites (tertiary alicyclic amines) is 1. The number of allylic oxidation sites excluding steroid dienone is 2. The zero-order chi connectivity index (χ0) is 32.4. The van der Waals surface area contributed by atoms with Crippen LogP contribution in [0.4, 0.5) is 0 Å². The van der Waals surface area contributed by atoms with Crippen molar-refractivity contribution in [2.24, 2.45) is 17.8 Å². The van der Waals surface area contributed by atoms with Crippen LogP contribution in [0.15, 0.2) is 48.5 Å². The quantitative estimate of drug-likeness (QED) is 0.165. The Morgan fingerprint density at radius 1 is 0.956 bits per heavy atom. The van der Waals surface area contributed by atoms with Gasteiger partial charge in [0, 0.05) is 24.9 Å². The molecule has 5 nitrogen and oxygen atoms in total. The molecule has 2 amide bonds. The highest BCUT2D eigenvalue weighted by molar-refractivity contribution is 7.15. The SMILES string of the molecule is Cc1sc(-c2ccccc2)cc1C1=C[C@H]2C[C@]1(c1cc(CO[Si](C(C)C)(C(C)C)C(C)C)sc1C)[C@H]1C(=O)N(CCO)C(=O)[C@@H]21. The predicted molar refractivity (Wildman–Crippen MR) is 188 cm³/mol. The summed E-state index contributed by atoms with van der Waals surface area (Å²) < 4.78 is 7.04. The van der Waals surface area contributed by atoms with E-state index in [1.807, 2.05) is 6.07 Å². The number of hydrogen-bond acceptors (Lipinski definition) is 6. The van der Waals surface area contributed by atoms with Gasteiger partial charge in [-0.2, -0.15) is 0 Å². The lowest BCUT2D eigenvalue weighted by Gasteiger charge is -2.42. The van der Waals surface area contributed by atoms with Gasteiger partial charge in [-0.05, 0) is 77.2 Å². The molecule has 2 bridgehead atoms. The molecule has 2 aromatic heterocycles. The molecule has 1 aromatic carbocycles. The molecule has 45 heavy (non-hydrogen) atoms. The fourth-order valence-corrected chi connectivity index (χ4v) is 17.0. The zero-order valence-corrected chi connectivity index (χ0v) is 30.5. The molecule has 8 heteroatoms. The van der Waals surface area contributed by atoms with Gasteiger partial charge in [-0.25, -0.2) is 0 Å². The number of carbonyl (C=O) groups is 2. The molecule has 1 saturated carbocycles. The Morgan fingerprint density at radius 2 is 1.62 bits per heavy atom. The maximum atomic E-state index is 14.2. The van der Waals surface area contributed by atoms with Crippen molar-refractivity contribution in [2.75, 3.05) is 13.2 Å². The molecule has 3 aromatic rings. The maximum Gasteiger partial charge on any atom is 0.234 e. The zero-order valence-electron chi connectivity index (χ0n) is 27.8. The Hall–Kier alpha value is -2.36. The lowest BCUT2D eigenvalue weighted by atomic mass is 9.64. The summed E-state index contributed by atoms with van der Waals surface area (Å²) in [5.74, 6) is -1.09. The van der Waals surface area contributed by atoms with Crippen molar-refractivity contribution in [3.05, 3.63) is 74.3 Å². The Morgan fingerprint density at radius 3 is 2.24 bits per heavy atom. The highest BCUT2D eigenvalue weighted by Crippen LogP contribution is 2.68. The smallest absolute Gasteiger partial charge is 0.234 e.